The lowest BCUT2D eigenvalue weighted by atomic mass is 10.1. The minimum absolute atomic E-state index is 0.159. The third-order valence-corrected chi connectivity index (χ3v) is 4.17. The molecule has 0 unspecified atom stereocenters. The molecule has 6 nitrogen and oxygen atoms in total. The van der Waals surface area contributed by atoms with E-state index in [0.717, 1.165) is 33.3 Å². The Kier molecular flexibility index (Phi) is 4.70. The Hall–Kier alpha value is -3.80. The van der Waals surface area contributed by atoms with E-state index >= 15 is 0 Å². The molecule has 4 aromatic heterocycles. The monoisotopic (exact) mass is 355 g/mol. The number of H-pyrrole nitrogens is 1. The molecule has 132 valence electrons. The van der Waals surface area contributed by atoms with E-state index in [1.165, 1.54) is 6.08 Å². The second kappa shape index (κ2) is 7.61. The molecule has 4 heterocycles. The molecule has 0 radical (unpaired) electrons. The average Bonchev–Trinajstić information content (AvgIpc) is 3.15. The number of nitrogens with zero attached hydrogens (tertiary/aromatic N) is 3. The molecule has 0 bridgehead atoms. The number of aromatic amines is 1. The molecule has 0 fully saturated rings. The van der Waals surface area contributed by atoms with Gasteiger partial charge in [-0.05, 0) is 41.5 Å². The van der Waals surface area contributed by atoms with Crippen molar-refractivity contribution in [2.75, 3.05) is 0 Å². The second-order valence-electron chi connectivity index (χ2n) is 6.02. The van der Waals surface area contributed by atoms with Crippen LogP contribution < -0.4 is 5.32 Å². The van der Waals surface area contributed by atoms with Crippen LogP contribution in [0.3, 0.4) is 0 Å². The van der Waals surface area contributed by atoms with Crippen LogP contribution in [0.25, 0.3) is 28.2 Å². The van der Waals surface area contributed by atoms with Crippen LogP contribution in [0.5, 0.6) is 0 Å². The third-order valence-electron chi connectivity index (χ3n) is 4.17. The van der Waals surface area contributed by atoms with Crippen LogP contribution in [-0.4, -0.2) is 25.8 Å². The molecule has 6 heteroatoms. The summed E-state index contributed by atoms with van der Waals surface area (Å²) in [6, 6.07) is 9.65. The molecular formula is C21H17N5O. The van der Waals surface area contributed by atoms with Crippen molar-refractivity contribution in [1.82, 2.24) is 25.3 Å². The fourth-order valence-electron chi connectivity index (χ4n) is 2.79. The van der Waals surface area contributed by atoms with E-state index in [1.54, 1.807) is 30.9 Å². The summed E-state index contributed by atoms with van der Waals surface area (Å²) in [4.78, 5) is 27.8. The highest BCUT2D eigenvalue weighted by molar-refractivity contribution is 5.96. The van der Waals surface area contributed by atoms with Gasteiger partial charge in [0.05, 0.1) is 0 Å². The molecule has 0 saturated carbocycles. The number of rotatable bonds is 5. The standard InChI is InChI=1S/C21H17N5O/c27-20(24-11-15-5-8-22-9-6-15)4-3-16-10-18-19(14-26-21(18)25-12-16)17-2-1-7-23-13-17/h1-10,12-14H,11H2,(H,24,27)(H,25,26)/b4-3+. The SMILES string of the molecule is O=C(/C=C/c1cnc2[nH]cc(-c3cccnc3)c2c1)NCc1ccncc1. The van der Waals surface area contributed by atoms with Crippen molar-refractivity contribution in [1.29, 1.82) is 0 Å². The van der Waals surface area contributed by atoms with Gasteiger partial charge in [-0.15, -0.1) is 0 Å². The van der Waals surface area contributed by atoms with E-state index in [-0.39, 0.29) is 5.91 Å². The van der Waals surface area contributed by atoms with Gasteiger partial charge in [0.25, 0.3) is 0 Å². The highest BCUT2D eigenvalue weighted by Gasteiger charge is 2.07. The molecule has 0 atom stereocenters. The third kappa shape index (κ3) is 3.90. The Morgan fingerprint density at radius 2 is 2.00 bits per heavy atom. The van der Waals surface area contributed by atoms with Crippen molar-refractivity contribution in [3.8, 4) is 11.1 Å². The van der Waals surface area contributed by atoms with E-state index in [4.69, 9.17) is 0 Å². The van der Waals surface area contributed by atoms with E-state index < -0.39 is 0 Å². The molecule has 27 heavy (non-hydrogen) atoms. The normalized spacial score (nSPS) is 11.1. The second-order valence-corrected chi connectivity index (χ2v) is 6.02. The van der Waals surface area contributed by atoms with E-state index in [9.17, 15) is 4.79 Å². The average molecular weight is 355 g/mol. The number of aromatic nitrogens is 4. The highest BCUT2D eigenvalue weighted by atomic mass is 16.1. The first-order valence-corrected chi connectivity index (χ1v) is 8.52. The fourth-order valence-corrected chi connectivity index (χ4v) is 2.79. The summed E-state index contributed by atoms with van der Waals surface area (Å²) in [7, 11) is 0. The summed E-state index contributed by atoms with van der Waals surface area (Å²) < 4.78 is 0. The van der Waals surface area contributed by atoms with Crippen LogP contribution in [0.4, 0.5) is 0 Å². The Morgan fingerprint density at radius 1 is 1.11 bits per heavy atom. The van der Waals surface area contributed by atoms with Gasteiger partial charge < -0.3 is 10.3 Å². The van der Waals surface area contributed by atoms with Crippen molar-refractivity contribution in [3.63, 3.8) is 0 Å². The first-order chi connectivity index (χ1) is 13.3. The molecule has 2 N–H and O–H groups in total. The quantitative estimate of drug-likeness (QED) is 0.538. The predicted molar refractivity (Wildman–Crippen MR) is 104 cm³/mol. The zero-order valence-electron chi connectivity index (χ0n) is 14.5. The summed E-state index contributed by atoms with van der Waals surface area (Å²) >= 11 is 0. The highest BCUT2D eigenvalue weighted by Crippen LogP contribution is 2.27. The molecular weight excluding hydrogens is 338 g/mol. The lowest BCUT2D eigenvalue weighted by molar-refractivity contribution is -0.116. The van der Waals surface area contributed by atoms with Gasteiger partial charge in [-0.3, -0.25) is 14.8 Å². The van der Waals surface area contributed by atoms with Crippen molar-refractivity contribution in [2.45, 2.75) is 6.54 Å². The summed E-state index contributed by atoms with van der Waals surface area (Å²) in [6.45, 7) is 0.464. The smallest absolute Gasteiger partial charge is 0.244 e. The fraction of sp³-hybridized carbons (Fsp3) is 0.0476. The summed E-state index contributed by atoms with van der Waals surface area (Å²) in [5.74, 6) is -0.159. The lowest BCUT2D eigenvalue weighted by Crippen LogP contribution is -2.20. The molecule has 0 aliphatic carbocycles. The predicted octanol–water partition coefficient (Wildman–Crippen LogP) is 3.35. The van der Waals surface area contributed by atoms with Crippen LogP contribution >= 0.6 is 0 Å². The summed E-state index contributed by atoms with van der Waals surface area (Å²) in [5.41, 5.74) is 4.70. The maximum atomic E-state index is 12.0. The van der Waals surface area contributed by atoms with E-state index in [2.05, 4.69) is 25.3 Å². The zero-order valence-corrected chi connectivity index (χ0v) is 14.5. The van der Waals surface area contributed by atoms with Crippen molar-refractivity contribution < 1.29 is 4.79 Å². The van der Waals surface area contributed by atoms with Gasteiger partial charge in [-0.2, -0.15) is 0 Å². The van der Waals surface area contributed by atoms with Crippen LogP contribution in [-0.2, 0) is 11.3 Å². The van der Waals surface area contributed by atoms with Crippen molar-refractivity contribution in [3.05, 3.63) is 84.7 Å². The molecule has 0 aliphatic rings. The minimum atomic E-state index is -0.159. The molecule has 0 spiro atoms. The molecule has 0 saturated heterocycles. The zero-order chi connectivity index (χ0) is 18.5. The summed E-state index contributed by atoms with van der Waals surface area (Å²) in [5, 5.41) is 3.84. The number of carbonyl (C=O) groups is 1. The number of nitrogens with one attached hydrogen (secondary N) is 2. The molecule has 0 aliphatic heterocycles. The number of amides is 1. The largest absolute Gasteiger partial charge is 0.348 e. The van der Waals surface area contributed by atoms with Gasteiger partial charge in [-0.1, -0.05) is 6.07 Å². The summed E-state index contributed by atoms with van der Waals surface area (Å²) in [6.07, 6.45) is 13.9. The Labute approximate surface area is 156 Å². The number of hydrogen-bond donors (Lipinski definition) is 2. The Balaban J connectivity index is 1.50. The first kappa shape index (κ1) is 16.7. The maximum Gasteiger partial charge on any atom is 0.244 e. The number of carbonyl (C=O) groups excluding carboxylic acids is 1. The van der Waals surface area contributed by atoms with E-state index in [1.807, 2.05) is 42.7 Å². The van der Waals surface area contributed by atoms with Crippen LogP contribution in [0, 0.1) is 0 Å². The Morgan fingerprint density at radius 3 is 2.81 bits per heavy atom. The van der Waals surface area contributed by atoms with Crippen LogP contribution in [0.15, 0.2) is 73.6 Å². The Bertz CT molecular complexity index is 1090. The maximum absolute atomic E-state index is 12.0. The minimum Gasteiger partial charge on any atom is -0.348 e. The topological polar surface area (TPSA) is 83.6 Å². The first-order valence-electron chi connectivity index (χ1n) is 8.52. The number of pyridine rings is 3. The van der Waals surface area contributed by atoms with Crippen molar-refractivity contribution in [2.24, 2.45) is 0 Å². The van der Waals surface area contributed by atoms with Crippen LogP contribution in [0.1, 0.15) is 11.1 Å². The molecule has 1 amide bonds. The van der Waals surface area contributed by atoms with Gasteiger partial charge in [0.15, 0.2) is 0 Å². The van der Waals surface area contributed by atoms with Gasteiger partial charge in [0.1, 0.15) is 5.65 Å². The molecule has 4 rings (SSSR count). The van der Waals surface area contributed by atoms with Gasteiger partial charge in [0.2, 0.25) is 5.91 Å². The van der Waals surface area contributed by atoms with Gasteiger partial charge in [-0.25, -0.2) is 4.98 Å². The van der Waals surface area contributed by atoms with Crippen molar-refractivity contribution >= 4 is 23.0 Å². The molecule has 0 aromatic carbocycles. The van der Waals surface area contributed by atoms with E-state index in [0.29, 0.717) is 6.54 Å². The van der Waals surface area contributed by atoms with Gasteiger partial charge in [0, 0.05) is 66.3 Å². The number of fused-ring (bicyclic) bond motifs is 1. The van der Waals surface area contributed by atoms with Gasteiger partial charge >= 0.3 is 0 Å². The lowest BCUT2D eigenvalue weighted by Gasteiger charge is -2.02. The number of hydrogen-bond acceptors (Lipinski definition) is 4. The van der Waals surface area contributed by atoms with Crippen LogP contribution in [0.2, 0.25) is 0 Å². The molecule has 4 aromatic rings.